The number of para-hydroxylation sites is 3. The molecule has 2 aromatic heterocycles. The van der Waals surface area contributed by atoms with Crippen molar-refractivity contribution in [1.82, 2.24) is 9.13 Å². The third-order valence-electron chi connectivity index (χ3n) is 10.3. The number of aromatic nitrogens is 2. The van der Waals surface area contributed by atoms with Gasteiger partial charge in [0.05, 0.1) is 27.8 Å². The standard InChI is InChI=1S/C43H30N2/c1-43(2)34-19-9-6-15-28(34)31-18-12-22-39(42(31)43)45-36-21-11-8-17-33(36)41-30-23-25-37-40(29(30)24-26-38(41)45)32-16-7-10-20-35(32)44(37)27-13-4-3-5-14-27/h3-26H,1-2H3. The van der Waals surface area contributed by atoms with Gasteiger partial charge in [-0.15, -0.1) is 0 Å². The Hall–Kier alpha value is -5.60. The van der Waals surface area contributed by atoms with Crippen LogP contribution in [0.2, 0.25) is 0 Å². The van der Waals surface area contributed by atoms with Crippen LogP contribution in [0.5, 0.6) is 0 Å². The fourth-order valence-corrected chi connectivity index (χ4v) is 8.46. The van der Waals surface area contributed by atoms with E-state index in [0.717, 1.165) is 0 Å². The maximum absolute atomic E-state index is 2.52. The molecule has 45 heavy (non-hydrogen) atoms. The van der Waals surface area contributed by atoms with Crippen molar-refractivity contribution < 1.29 is 0 Å². The number of hydrogen-bond acceptors (Lipinski definition) is 0. The number of hydrogen-bond donors (Lipinski definition) is 0. The van der Waals surface area contributed by atoms with E-state index in [-0.39, 0.29) is 5.41 Å². The van der Waals surface area contributed by atoms with Gasteiger partial charge in [0.25, 0.3) is 0 Å². The van der Waals surface area contributed by atoms with Gasteiger partial charge in [-0.3, -0.25) is 0 Å². The monoisotopic (exact) mass is 574 g/mol. The Bertz CT molecular complexity index is 2670. The predicted octanol–water partition coefficient (Wildman–Crippen LogP) is 11.3. The van der Waals surface area contributed by atoms with Crippen LogP contribution in [0.1, 0.15) is 25.0 Å². The zero-order valence-electron chi connectivity index (χ0n) is 25.3. The minimum absolute atomic E-state index is 0.109. The molecule has 0 spiro atoms. The van der Waals surface area contributed by atoms with Gasteiger partial charge in [-0.05, 0) is 75.5 Å². The summed E-state index contributed by atoms with van der Waals surface area (Å²) >= 11 is 0. The van der Waals surface area contributed by atoms with Crippen molar-refractivity contribution in [1.29, 1.82) is 0 Å². The first kappa shape index (κ1) is 24.8. The Kier molecular flexibility index (Phi) is 4.82. The van der Waals surface area contributed by atoms with Crippen molar-refractivity contribution in [3.8, 4) is 22.5 Å². The molecular weight excluding hydrogens is 544 g/mol. The summed E-state index contributed by atoms with van der Waals surface area (Å²) < 4.78 is 4.93. The van der Waals surface area contributed by atoms with Gasteiger partial charge >= 0.3 is 0 Å². The van der Waals surface area contributed by atoms with Gasteiger partial charge in [0.2, 0.25) is 0 Å². The molecule has 0 fully saturated rings. The third kappa shape index (κ3) is 3.13. The first-order valence-electron chi connectivity index (χ1n) is 15.8. The lowest BCUT2D eigenvalue weighted by Crippen LogP contribution is -2.17. The van der Waals surface area contributed by atoms with Gasteiger partial charge in [0.15, 0.2) is 0 Å². The van der Waals surface area contributed by atoms with E-state index in [9.17, 15) is 0 Å². The van der Waals surface area contributed by atoms with Crippen LogP contribution < -0.4 is 0 Å². The molecular formula is C43H30N2. The molecule has 0 atom stereocenters. The molecule has 0 saturated heterocycles. The summed E-state index contributed by atoms with van der Waals surface area (Å²) in [5.41, 5.74) is 12.8. The lowest BCUT2D eigenvalue weighted by atomic mass is 9.81. The van der Waals surface area contributed by atoms with E-state index in [2.05, 4.69) is 169 Å². The van der Waals surface area contributed by atoms with Gasteiger partial charge < -0.3 is 9.13 Å². The Morgan fingerprint density at radius 3 is 1.67 bits per heavy atom. The Labute approximate surface area is 261 Å². The van der Waals surface area contributed by atoms with E-state index >= 15 is 0 Å². The second-order valence-electron chi connectivity index (χ2n) is 12.9. The molecule has 0 bridgehead atoms. The topological polar surface area (TPSA) is 9.86 Å². The second-order valence-corrected chi connectivity index (χ2v) is 12.9. The quantitative estimate of drug-likeness (QED) is 0.194. The molecule has 10 rings (SSSR count). The van der Waals surface area contributed by atoms with Crippen LogP contribution in [-0.2, 0) is 5.41 Å². The molecule has 2 nitrogen and oxygen atoms in total. The summed E-state index contributed by atoms with van der Waals surface area (Å²) in [6.45, 7) is 4.76. The van der Waals surface area contributed by atoms with Crippen molar-refractivity contribution in [3.63, 3.8) is 0 Å². The van der Waals surface area contributed by atoms with Gasteiger partial charge in [-0.1, -0.05) is 117 Å². The molecule has 0 unspecified atom stereocenters. The molecule has 1 aliphatic carbocycles. The van der Waals surface area contributed by atoms with Crippen molar-refractivity contribution in [2.75, 3.05) is 0 Å². The lowest BCUT2D eigenvalue weighted by molar-refractivity contribution is 0.656. The van der Waals surface area contributed by atoms with Crippen LogP contribution in [0.15, 0.2) is 146 Å². The third-order valence-corrected chi connectivity index (χ3v) is 10.3. The van der Waals surface area contributed by atoms with Crippen molar-refractivity contribution in [3.05, 3.63) is 157 Å². The van der Waals surface area contributed by atoms with E-state index in [1.807, 2.05) is 0 Å². The fourth-order valence-electron chi connectivity index (χ4n) is 8.46. The van der Waals surface area contributed by atoms with Crippen molar-refractivity contribution >= 4 is 54.4 Å². The molecule has 9 aromatic rings. The Morgan fingerprint density at radius 1 is 0.400 bits per heavy atom. The summed E-state index contributed by atoms with van der Waals surface area (Å²) in [5, 5.41) is 7.77. The lowest BCUT2D eigenvalue weighted by Gasteiger charge is -2.25. The van der Waals surface area contributed by atoms with Crippen LogP contribution in [-0.4, -0.2) is 9.13 Å². The van der Waals surface area contributed by atoms with Crippen molar-refractivity contribution in [2.45, 2.75) is 19.3 Å². The number of rotatable bonds is 2. The molecule has 0 amide bonds. The van der Waals surface area contributed by atoms with Crippen molar-refractivity contribution in [2.24, 2.45) is 0 Å². The minimum atomic E-state index is -0.109. The molecule has 1 aliphatic rings. The summed E-state index contributed by atoms with van der Waals surface area (Å²) in [5.74, 6) is 0. The molecule has 212 valence electrons. The average molecular weight is 575 g/mol. The molecule has 0 aliphatic heterocycles. The molecule has 0 saturated carbocycles. The Balaban J connectivity index is 1.34. The Morgan fingerprint density at radius 2 is 0.956 bits per heavy atom. The van der Waals surface area contributed by atoms with Gasteiger partial charge in [0.1, 0.15) is 0 Å². The van der Waals surface area contributed by atoms with E-state index in [4.69, 9.17) is 0 Å². The van der Waals surface area contributed by atoms with E-state index in [1.54, 1.807) is 0 Å². The van der Waals surface area contributed by atoms with Crippen LogP contribution in [0.25, 0.3) is 76.9 Å². The largest absolute Gasteiger partial charge is 0.309 e. The van der Waals surface area contributed by atoms with Crippen LogP contribution in [0, 0.1) is 0 Å². The second kappa shape index (κ2) is 8.74. The predicted molar refractivity (Wildman–Crippen MR) is 190 cm³/mol. The molecule has 0 radical (unpaired) electrons. The summed E-state index contributed by atoms with van der Waals surface area (Å²) in [7, 11) is 0. The summed E-state index contributed by atoms with van der Waals surface area (Å²) in [6, 6.07) is 53.7. The maximum Gasteiger partial charge on any atom is 0.0547 e. The summed E-state index contributed by atoms with van der Waals surface area (Å²) in [4.78, 5) is 0. The van der Waals surface area contributed by atoms with Gasteiger partial charge in [-0.2, -0.15) is 0 Å². The molecule has 7 aromatic carbocycles. The number of nitrogens with zero attached hydrogens (tertiary/aromatic N) is 2. The highest BCUT2D eigenvalue weighted by atomic mass is 15.0. The van der Waals surface area contributed by atoms with Gasteiger partial charge in [-0.25, -0.2) is 0 Å². The van der Waals surface area contributed by atoms with E-state index < -0.39 is 0 Å². The van der Waals surface area contributed by atoms with E-state index in [1.165, 1.54) is 88.0 Å². The minimum Gasteiger partial charge on any atom is -0.309 e. The highest BCUT2D eigenvalue weighted by molar-refractivity contribution is 6.29. The zero-order valence-corrected chi connectivity index (χ0v) is 25.3. The zero-order chi connectivity index (χ0) is 29.9. The number of fused-ring (bicyclic) bond motifs is 12. The normalized spacial score (nSPS) is 13.7. The molecule has 0 N–H and O–H groups in total. The van der Waals surface area contributed by atoms with Crippen LogP contribution in [0.3, 0.4) is 0 Å². The van der Waals surface area contributed by atoms with E-state index in [0.29, 0.717) is 0 Å². The smallest absolute Gasteiger partial charge is 0.0547 e. The van der Waals surface area contributed by atoms with Crippen LogP contribution >= 0.6 is 0 Å². The molecule has 2 heterocycles. The molecule has 2 heteroatoms. The maximum atomic E-state index is 2.52. The highest BCUT2D eigenvalue weighted by Gasteiger charge is 2.38. The number of benzene rings is 7. The van der Waals surface area contributed by atoms with Gasteiger partial charge in [0, 0.05) is 32.6 Å². The SMILES string of the molecule is CC1(C)c2ccccc2-c2cccc(-n3c4ccccc4c4c5ccc6c(c5ccc43)c3ccccc3n6-c3ccccc3)c21. The highest BCUT2D eigenvalue weighted by Crippen LogP contribution is 2.52. The van der Waals surface area contributed by atoms with Crippen LogP contribution in [0.4, 0.5) is 0 Å². The first-order valence-corrected chi connectivity index (χ1v) is 15.8. The summed E-state index contributed by atoms with van der Waals surface area (Å²) in [6.07, 6.45) is 0. The average Bonchev–Trinajstić information content (AvgIpc) is 3.69. The first-order chi connectivity index (χ1) is 22.1. The fraction of sp³-hybridized carbons (Fsp3) is 0.0698.